The van der Waals surface area contributed by atoms with Gasteiger partial charge in [0.1, 0.15) is 12.1 Å². The molecule has 1 amide bonds. The van der Waals surface area contributed by atoms with Crippen LogP contribution in [0.2, 0.25) is 0 Å². The van der Waals surface area contributed by atoms with Crippen molar-refractivity contribution in [1.29, 1.82) is 0 Å². The number of rotatable bonds is 17. The van der Waals surface area contributed by atoms with E-state index in [1.807, 2.05) is 24.3 Å². The average Bonchev–Trinajstić information content (AvgIpc) is 4.08. The molecule has 2 atom stereocenters. The average molecular weight is 1030 g/mol. The lowest BCUT2D eigenvalue weighted by atomic mass is 9.81. The number of aromatic nitrogens is 4. The summed E-state index contributed by atoms with van der Waals surface area (Å²) in [6.45, 7) is 4.52. The molecule has 0 radical (unpaired) electrons. The molecule has 2 heterocycles. The van der Waals surface area contributed by atoms with E-state index in [0.29, 0.717) is 66.1 Å². The molecule has 2 aliphatic rings. The molecule has 0 spiro atoms. The van der Waals surface area contributed by atoms with Gasteiger partial charge >= 0.3 is 29.3 Å². The number of amides is 1. The minimum absolute atomic E-state index is 0. The van der Waals surface area contributed by atoms with Gasteiger partial charge in [0.25, 0.3) is 11.1 Å². The second kappa shape index (κ2) is 27.1. The van der Waals surface area contributed by atoms with E-state index in [2.05, 4.69) is 10.1 Å². The second-order valence-electron chi connectivity index (χ2n) is 18.6. The number of carbonyl (C=O) groups excluding carboxylic acids is 3. The molecular formula is C52H73ClN6O13. The molecule has 2 unspecified atom stereocenters. The predicted molar refractivity (Wildman–Crippen MR) is 275 cm³/mol. The third-order valence-corrected chi connectivity index (χ3v) is 14.2. The molecule has 72 heavy (non-hydrogen) atoms. The molecular weight excluding hydrogens is 952 g/mol. The summed E-state index contributed by atoms with van der Waals surface area (Å²) in [5.41, 5.74) is 8.46. The molecule has 0 aliphatic heterocycles. The van der Waals surface area contributed by atoms with Gasteiger partial charge in [-0.05, 0) is 81.0 Å². The fourth-order valence-electron chi connectivity index (χ4n) is 9.40. The largest absolute Gasteiger partial charge is 0.481 e. The van der Waals surface area contributed by atoms with Gasteiger partial charge < -0.3 is 44.2 Å². The topological polar surface area (TPSA) is 251 Å². The van der Waals surface area contributed by atoms with E-state index >= 15 is 0 Å². The number of esters is 2. The number of methoxy groups -OCH3 is 4. The molecule has 2 aliphatic carbocycles. The summed E-state index contributed by atoms with van der Waals surface area (Å²) in [5.74, 6) is -1.76. The number of nitrogens with two attached hydrogens (primary N) is 1. The van der Waals surface area contributed by atoms with E-state index in [-0.39, 0.29) is 47.2 Å². The van der Waals surface area contributed by atoms with Crippen molar-refractivity contribution in [2.75, 3.05) is 41.7 Å². The van der Waals surface area contributed by atoms with Gasteiger partial charge in [-0.2, -0.15) is 0 Å². The Hall–Kier alpha value is -6.15. The van der Waals surface area contributed by atoms with Crippen molar-refractivity contribution in [2.45, 2.75) is 103 Å². The van der Waals surface area contributed by atoms with Gasteiger partial charge in [-0.15, -0.1) is 12.4 Å². The van der Waals surface area contributed by atoms with Crippen molar-refractivity contribution in [2.24, 2.45) is 44.8 Å². The zero-order chi connectivity index (χ0) is 52.8. The highest BCUT2D eigenvalue weighted by atomic mass is 35.5. The molecule has 4 aromatic rings. The summed E-state index contributed by atoms with van der Waals surface area (Å²) in [5, 5.41) is 12.0. The van der Waals surface area contributed by atoms with Gasteiger partial charge in [0.2, 0.25) is 5.91 Å². The number of carboxylic acid groups (broad SMARTS) is 1. The Morgan fingerprint density at radius 3 is 1.36 bits per heavy atom. The number of carbonyl (C=O) groups is 4. The van der Waals surface area contributed by atoms with E-state index in [0.717, 1.165) is 71.6 Å². The van der Waals surface area contributed by atoms with E-state index in [1.165, 1.54) is 37.4 Å². The lowest BCUT2D eigenvalue weighted by Crippen LogP contribution is -2.49. The second-order valence-corrected chi connectivity index (χ2v) is 18.6. The summed E-state index contributed by atoms with van der Waals surface area (Å²) in [6, 6.07) is 12.8. The highest BCUT2D eigenvalue weighted by Crippen LogP contribution is 2.42. The van der Waals surface area contributed by atoms with Crippen LogP contribution < -0.4 is 33.5 Å². The van der Waals surface area contributed by atoms with Crippen molar-refractivity contribution >= 4 is 36.2 Å². The molecule has 2 saturated carbocycles. The molecule has 20 heteroatoms. The molecule has 6 rings (SSSR count). The maximum Gasteiger partial charge on any atom is 0.330 e. The van der Waals surface area contributed by atoms with Crippen LogP contribution in [0.15, 0.2) is 67.7 Å². The number of carboxylic acids is 1. The first-order valence-electron chi connectivity index (χ1n) is 23.8. The Morgan fingerprint density at radius 1 is 0.611 bits per heavy atom. The summed E-state index contributed by atoms with van der Waals surface area (Å²) >= 11 is 0. The zero-order valence-electron chi connectivity index (χ0n) is 43.3. The van der Waals surface area contributed by atoms with Crippen LogP contribution in [0.5, 0.6) is 0 Å². The standard InChI is InChI=1S/C26H35N3O6.C17H21N3O4.C9H16O3.ClH/c1-17-21(22(30)29(3)25(33)28(17)2)19-10-8-18(9-11-19)16-20(23(31)35-5)27-24(32)26(14-15-34-4)12-6-7-13-26;1-10-14(15(21)20(3)17(23)19(10)2)12-7-5-11(6-8-12)9-13(18)16(22)24-4;1-12-7-6-9(8(10)11)4-2-3-5-9;/h8-11,20H,6-7,12-16H2,1-5H3,(H,27,32);5-8,13H,9,18H2,1-4H3;2-7H2,1H3,(H,10,11);1H. The highest BCUT2D eigenvalue weighted by Gasteiger charge is 2.42. The smallest absolute Gasteiger partial charge is 0.330 e. The van der Waals surface area contributed by atoms with Crippen LogP contribution in [0.3, 0.4) is 0 Å². The van der Waals surface area contributed by atoms with Gasteiger partial charge in [-0.1, -0.05) is 74.2 Å². The lowest BCUT2D eigenvalue weighted by molar-refractivity contribution is -0.149. The Morgan fingerprint density at radius 2 is 0.986 bits per heavy atom. The monoisotopic (exact) mass is 1020 g/mol. The highest BCUT2D eigenvalue weighted by molar-refractivity contribution is 5.88. The van der Waals surface area contributed by atoms with Crippen LogP contribution in [0.4, 0.5) is 0 Å². The van der Waals surface area contributed by atoms with Crippen LogP contribution in [0.25, 0.3) is 22.3 Å². The van der Waals surface area contributed by atoms with Crippen LogP contribution in [-0.4, -0.2) is 101 Å². The van der Waals surface area contributed by atoms with E-state index in [9.17, 15) is 38.4 Å². The van der Waals surface area contributed by atoms with E-state index in [1.54, 1.807) is 66.4 Å². The minimum Gasteiger partial charge on any atom is -0.481 e. The normalized spacial score (nSPS) is 15.1. The van der Waals surface area contributed by atoms with Crippen LogP contribution in [-0.2, 0) is 79.2 Å². The van der Waals surface area contributed by atoms with Gasteiger partial charge in [0.15, 0.2) is 0 Å². The van der Waals surface area contributed by atoms with Gasteiger partial charge in [-0.3, -0.25) is 33.1 Å². The summed E-state index contributed by atoms with van der Waals surface area (Å²) in [4.78, 5) is 97.4. The maximum absolute atomic E-state index is 13.3. The number of nitrogens with zero attached hydrogens (tertiary/aromatic N) is 4. The Kier molecular flexibility index (Phi) is 22.6. The Labute approximate surface area is 426 Å². The first kappa shape index (κ1) is 60.2. The van der Waals surface area contributed by atoms with Crippen molar-refractivity contribution in [1.82, 2.24) is 23.6 Å². The summed E-state index contributed by atoms with van der Waals surface area (Å²) in [6.07, 6.45) is 9.14. The molecule has 2 fully saturated rings. The third kappa shape index (κ3) is 14.1. The van der Waals surface area contributed by atoms with E-state index < -0.39 is 40.8 Å². The quantitative estimate of drug-likeness (QED) is 0.126. The van der Waals surface area contributed by atoms with Crippen molar-refractivity contribution < 1.29 is 43.2 Å². The van der Waals surface area contributed by atoms with Crippen LogP contribution in [0.1, 0.15) is 86.7 Å². The van der Waals surface area contributed by atoms with Crippen LogP contribution >= 0.6 is 12.4 Å². The fourth-order valence-corrected chi connectivity index (χ4v) is 9.40. The number of nitrogens with one attached hydrogen (secondary N) is 1. The molecule has 2 aromatic heterocycles. The van der Waals surface area contributed by atoms with E-state index in [4.69, 9.17) is 25.1 Å². The van der Waals surface area contributed by atoms with Crippen LogP contribution in [0, 0.1) is 24.7 Å². The molecule has 396 valence electrons. The van der Waals surface area contributed by atoms with Crippen molar-refractivity contribution in [3.8, 4) is 22.3 Å². The number of halogens is 1. The summed E-state index contributed by atoms with van der Waals surface area (Å²) in [7, 11) is 12.0. The number of benzene rings is 2. The number of aliphatic carboxylic acids is 1. The fraction of sp³-hybridized carbons (Fsp3) is 0.538. The molecule has 19 nitrogen and oxygen atoms in total. The molecule has 4 N–H and O–H groups in total. The van der Waals surface area contributed by atoms with Gasteiger partial charge in [-0.25, -0.2) is 14.4 Å². The van der Waals surface area contributed by atoms with Gasteiger partial charge in [0, 0.05) is 73.4 Å². The number of hydrogen-bond donors (Lipinski definition) is 3. The van der Waals surface area contributed by atoms with Crippen molar-refractivity contribution in [3.05, 3.63) is 113 Å². The Bertz CT molecular complexity index is 2750. The molecule has 2 aromatic carbocycles. The van der Waals surface area contributed by atoms with Gasteiger partial charge in [0.05, 0.1) is 36.2 Å². The number of ether oxygens (including phenoxy) is 4. The summed E-state index contributed by atoms with van der Waals surface area (Å²) < 4.78 is 24.8. The first-order valence-corrected chi connectivity index (χ1v) is 23.8. The first-order chi connectivity index (χ1) is 33.6. The zero-order valence-corrected chi connectivity index (χ0v) is 44.1. The maximum atomic E-state index is 13.3. The molecule has 0 saturated heterocycles. The van der Waals surface area contributed by atoms with Crippen molar-refractivity contribution in [3.63, 3.8) is 0 Å². The SMILES string of the molecule is COC(=O)C(N)Cc1ccc(-c2c(C)n(C)c(=O)n(C)c2=O)cc1.COCCC1(C(=O)NC(Cc2ccc(-c3c(C)n(C)c(=O)n(C)c3=O)cc2)C(=O)OC)CCCC1.COCCC1(C(=O)O)CCCC1.Cl. The lowest BCUT2D eigenvalue weighted by Gasteiger charge is -2.29. The molecule has 0 bridgehead atoms. The number of hydrogen-bond acceptors (Lipinski definition) is 13. The third-order valence-electron chi connectivity index (χ3n) is 14.2. The Balaban J connectivity index is 0.000000318. The predicted octanol–water partition coefficient (Wildman–Crippen LogP) is 4.05. The minimum atomic E-state index is -0.828.